The highest BCUT2D eigenvalue weighted by Gasteiger charge is 2.17. The molecule has 0 N–H and O–H groups in total. The lowest BCUT2D eigenvalue weighted by atomic mass is 10.1. The van der Waals surface area contributed by atoms with E-state index in [9.17, 15) is 4.79 Å². The monoisotopic (exact) mass is 222 g/mol. The van der Waals surface area contributed by atoms with Gasteiger partial charge in [-0.15, -0.1) is 0 Å². The van der Waals surface area contributed by atoms with Crippen LogP contribution in [0, 0.1) is 0 Å². The Bertz CT molecular complexity index is 394. The average molecular weight is 222 g/mol. The minimum absolute atomic E-state index is 0.287. The highest BCUT2D eigenvalue weighted by atomic mass is 16.5. The maximum Gasteiger partial charge on any atom is 0.357 e. The number of carbonyl (C=O) groups is 1. The molecule has 1 aromatic heterocycles. The van der Waals surface area contributed by atoms with Crippen LogP contribution in [-0.4, -0.2) is 21.9 Å². The molecule has 0 spiro atoms. The summed E-state index contributed by atoms with van der Waals surface area (Å²) >= 11 is 0. The first kappa shape index (κ1) is 12.5. The molecule has 1 atom stereocenters. The van der Waals surface area contributed by atoms with Gasteiger partial charge in [-0.2, -0.15) is 5.10 Å². The first-order valence-electron chi connectivity index (χ1n) is 5.33. The number of hydrogen-bond acceptors (Lipinski definition) is 3. The molecule has 88 valence electrons. The third kappa shape index (κ3) is 2.72. The second-order valence-electron chi connectivity index (χ2n) is 4.08. The van der Waals surface area contributed by atoms with E-state index in [4.69, 9.17) is 4.74 Å². The van der Waals surface area contributed by atoms with Gasteiger partial charge in [0.15, 0.2) is 0 Å². The minimum Gasteiger partial charge on any atom is -0.454 e. The van der Waals surface area contributed by atoms with Crippen molar-refractivity contribution in [3.63, 3.8) is 0 Å². The van der Waals surface area contributed by atoms with Gasteiger partial charge in [0.05, 0.1) is 5.69 Å². The summed E-state index contributed by atoms with van der Waals surface area (Å²) in [4.78, 5) is 11.7. The van der Waals surface area contributed by atoms with Crippen LogP contribution in [0.2, 0.25) is 0 Å². The van der Waals surface area contributed by atoms with Gasteiger partial charge in [0.25, 0.3) is 0 Å². The van der Waals surface area contributed by atoms with Gasteiger partial charge in [-0.05, 0) is 18.9 Å². The fraction of sp³-hybridized carbons (Fsp3) is 0.500. The van der Waals surface area contributed by atoms with Crippen LogP contribution in [0.5, 0.6) is 0 Å². The molecular formula is C12H18N2O2. The quantitative estimate of drug-likeness (QED) is 0.580. The van der Waals surface area contributed by atoms with Gasteiger partial charge in [0.2, 0.25) is 0 Å². The van der Waals surface area contributed by atoms with Crippen molar-refractivity contribution < 1.29 is 9.53 Å². The Labute approximate surface area is 95.9 Å². The van der Waals surface area contributed by atoms with Crippen molar-refractivity contribution in [2.24, 2.45) is 7.05 Å². The summed E-state index contributed by atoms with van der Waals surface area (Å²) in [6.45, 7) is 9.40. The normalized spacial score (nSPS) is 12.6. The summed E-state index contributed by atoms with van der Waals surface area (Å²) < 4.78 is 6.69. The molecule has 1 aromatic rings. The topological polar surface area (TPSA) is 44.1 Å². The van der Waals surface area contributed by atoms with Gasteiger partial charge in [-0.25, -0.2) is 4.79 Å². The van der Waals surface area contributed by atoms with Crippen molar-refractivity contribution in [3.05, 3.63) is 30.1 Å². The van der Waals surface area contributed by atoms with Gasteiger partial charge in [0.1, 0.15) is 11.8 Å². The molecule has 1 heterocycles. The SMILES string of the molecule is C=C[C@H](C)OC(=O)c1cc(C(C)C)nn1C. The Morgan fingerprint density at radius 1 is 1.56 bits per heavy atom. The van der Waals surface area contributed by atoms with Gasteiger partial charge in [0, 0.05) is 7.05 Å². The van der Waals surface area contributed by atoms with Gasteiger partial charge >= 0.3 is 5.97 Å². The van der Waals surface area contributed by atoms with Crippen LogP contribution in [0.1, 0.15) is 42.9 Å². The molecule has 0 aliphatic heterocycles. The fourth-order valence-corrected chi connectivity index (χ4v) is 1.24. The predicted molar refractivity (Wildman–Crippen MR) is 62.4 cm³/mol. The minimum atomic E-state index is -0.366. The molecule has 0 radical (unpaired) electrons. The molecule has 4 heteroatoms. The molecule has 16 heavy (non-hydrogen) atoms. The summed E-state index contributed by atoms with van der Waals surface area (Å²) in [7, 11) is 1.74. The van der Waals surface area contributed by atoms with Crippen LogP contribution in [0.3, 0.4) is 0 Å². The van der Waals surface area contributed by atoms with E-state index in [2.05, 4.69) is 11.7 Å². The first-order valence-corrected chi connectivity index (χ1v) is 5.33. The molecule has 0 aliphatic carbocycles. The zero-order chi connectivity index (χ0) is 12.3. The highest BCUT2D eigenvalue weighted by Crippen LogP contribution is 2.14. The Morgan fingerprint density at radius 3 is 2.62 bits per heavy atom. The molecule has 1 rings (SSSR count). The van der Waals surface area contributed by atoms with Crippen LogP contribution in [-0.2, 0) is 11.8 Å². The van der Waals surface area contributed by atoms with Crippen molar-refractivity contribution in [1.29, 1.82) is 0 Å². The number of rotatable bonds is 4. The third-order valence-corrected chi connectivity index (χ3v) is 2.32. The molecule has 4 nitrogen and oxygen atoms in total. The summed E-state index contributed by atoms with van der Waals surface area (Å²) in [6.07, 6.45) is 1.29. The van der Waals surface area contributed by atoms with Crippen LogP contribution >= 0.6 is 0 Å². The molecule has 0 aromatic carbocycles. The standard InChI is InChI=1S/C12H18N2O2/c1-6-9(4)16-12(15)11-7-10(8(2)3)13-14(11)5/h6-9H,1H2,2-5H3/t9-/m0/s1. The number of esters is 1. The first-order chi connectivity index (χ1) is 7.45. The van der Waals surface area contributed by atoms with Crippen molar-refractivity contribution in [3.8, 4) is 0 Å². The largest absolute Gasteiger partial charge is 0.454 e. The maximum absolute atomic E-state index is 11.7. The fourth-order valence-electron chi connectivity index (χ4n) is 1.24. The van der Waals surface area contributed by atoms with E-state index in [-0.39, 0.29) is 12.1 Å². The second kappa shape index (κ2) is 4.96. The second-order valence-corrected chi connectivity index (χ2v) is 4.08. The van der Waals surface area contributed by atoms with E-state index in [1.54, 1.807) is 30.8 Å². The van der Waals surface area contributed by atoms with E-state index in [1.165, 1.54) is 0 Å². The van der Waals surface area contributed by atoms with Crippen molar-refractivity contribution >= 4 is 5.97 Å². The number of ether oxygens (including phenoxy) is 1. The molecule has 0 bridgehead atoms. The number of nitrogens with zero attached hydrogens (tertiary/aromatic N) is 2. The molecule has 0 fully saturated rings. The van der Waals surface area contributed by atoms with Crippen molar-refractivity contribution in [1.82, 2.24) is 9.78 Å². The molecule has 0 unspecified atom stereocenters. The van der Waals surface area contributed by atoms with Crippen LogP contribution < -0.4 is 0 Å². The summed E-state index contributed by atoms with van der Waals surface area (Å²) in [5.41, 5.74) is 1.36. The van der Waals surface area contributed by atoms with Gasteiger partial charge in [-0.3, -0.25) is 4.68 Å². The lowest BCUT2D eigenvalue weighted by molar-refractivity contribution is 0.0412. The molecular weight excluding hydrogens is 204 g/mol. The maximum atomic E-state index is 11.7. The molecule has 0 saturated heterocycles. The van der Waals surface area contributed by atoms with Crippen molar-refractivity contribution in [2.45, 2.75) is 32.8 Å². The predicted octanol–water partition coefficient (Wildman–Crippen LogP) is 2.27. The smallest absolute Gasteiger partial charge is 0.357 e. The lowest BCUT2D eigenvalue weighted by Gasteiger charge is -2.07. The summed E-state index contributed by atoms with van der Waals surface area (Å²) in [6, 6.07) is 1.77. The molecule has 0 aliphatic rings. The number of hydrogen-bond donors (Lipinski definition) is 0. The molecule has 0 saturated carbocycles. The van der Waals surface area contributed by atoms with Crippen LogP contribution in [0.4, 0.5) is 0 Å². The highest BCUT2D eigenvalue weighted by molar-refractivity contribution is 5.87. The molecule has 0 amide bonds. The number of aromatic nitrogens is 2. The van der Waals surface area contributed by atoms with Gasteiger partial charge < -0.3 is 4.74 Å². The Kier molecular flexibility index (Phi) is 3.88. The van der Waals surface area contributed by atoms with E-state index >= 15 is 0 Å². The van der Waals surface area contributed by atoms with Gasteiger partial charge in [-0.1, -0.05) is 26.5 Å². The van der Waals surface area contributed by atoms with Crippen LogP contribution in [0.15, 0.2) is 18.7 Å². The third-order valence-electron chi connectivity index (χ3n) is 2.32. The van der Waals surface area contributed by atoms with E-state index < -0.39 is 0 Å². The zero-order valence-electron chi connectivity index (χ0n) is 10.2. The summed E-state index contributed by atoms with van der Waals surface area (Å²) in [5, 5.41) is 4.25. The average Bonchev–Trinajstić information content (AvgIpc) is 2.60. The van der Waals surface area contributed by atoms with E-state index in [0.717, 1.165) is 5.69 Å². The Morgan fingerprint density at radius 2 is 2.19 bits per heavy atom. The lowest BCUT2D eigenvalue weighted by Crippen LogP contribution is -2.15. The number of carbonyl (C=O) groups excluding carboxylic acids is 1. The van der Waals surface area contributed by atoms with Crippen molar-refractivity contribution in [2.75, 3.05) is 0 Å². The van der Waals surface area contributed by atoms with E-state index in [1.807, 2.05) is 13.8 Å². The van der Waals surface area contributed by atoms with E-state index in [0.29, 0.717) is 11.6 Å². The summed E-state index contributed by atoms with van der Waals surface area (Å²) in [5.74, 6) is -0.0705. The zero-order valence-corrected chi connectivity index (χ0v) is 10.2. The Balaban J connectivity index is 2.87. The Hall–Kier alpha value is -1.58. The number of aryl methyl sites for hydroxylation is 1. The van der Waals surface area contributed by atoms with Crippen LogP contribution in [0.25, 0.3) is 0 Å².